The van der Waals surface area contributed by atoms with Gasteiger partial charge in [-0.1, -0.05) is 11.8 Å². The summed E-state index contributed by atoms with van der Waals surface area (Å²) in [5.41, 5.74) is 1.02. The van der Waals surface area contributed by atoms with Gasteiger partial charge in [-0.05, 0) is 35.0 Å². The Bertz CT molecular complexity index is 502. The van der Waals surface area contributed by atoms with Gasteiger partial charge in [-0.25, -0.2) is 9.97 Å². The van der Waals surface area contributed by atoms with Crippen molar-refractivity contribution >= 4 is 39.0 Å². The zero-order valence-corrected chi connectivity index (χ0v) is 13.2. The van der Waals surface area contributed by atoms with Crippen LogP contribution in [-0.4, -0.2) is 22.3 Å². The quantitative estimate of drug-likeness (QED) is 0.495. The smallest absolute Gasteiger partial charge is 0.187 e. The van der Waals surface area contributed by atoms with E-state index < -0.39 is 0 Å². The largest absolute Gasteiger partial charge is 0.311 e. The zero-order valence-electron chi connectivity index (χ0n) is 10.0. The number of aromatic nitrogens is 2. The van der Waals surface area contributed by atoms with E-state index in [0.717, 1.165) is 34.2 Å². The van der Waals surface area contributed by atoms with Crippen molar-refractivity contribution < 1.29 is 0 Å². The summed E-state index contributed by atoms with van der Waals surface area (Å²) in [6.45, 7) is 3.86. The second-order valence-electron chi connectivity index (χ2n) is 3.74. The van der Waals surface area contributed by atoms with Crippen LogP contribution in [0.1, 0.15) is 10.6 Å². The van der Waals surface area contributed by atoms with Crippen LogP contribution in [0.5, 0.6) is 0 Å². The Balaban J connectivity index is 1.64. The highest BCUT2D eigenvalue weighted by molar-refractivity contribution is 9.10. The predicted molar refractivity (Wildman–Crippen MR) is 81.2 cm³/mol. The summed E-state index contributed by atoms with van der Waals surface area (Å²) < 4.78 is 1.16. The Morgan fingerprint density at radius 3 is 3.11 bits per heavy atom. The molecule has 2 heterocycles. The minimum atomic E-state index is 0.857. The Hall–Kier alpha value is -0.430. The molecule has 1 N–H and O–H groups in total. The average molecular weight is 344 g/mol. The first-order valence-electron chi connectivity index (χ1n) is 5.60. The maximum Gasteiger partial charge on any atom is 0.187 e. The van der Waals surface area contributed by atoms with E-state index in [-0.39, 0.29) is 0 Å². The van der Waals surface area contributed by atoms with Gasteiger partial charge >= 0.3 is 0 Å². The molecule has 3 nitrogen and oxygen atoms in total. The summed E-state index contributed by atoms with van der Waals surface area (Å²) >= 11 is 6.90. The normalized spacial score (nSPS) is 10.8. The zero-order chi connectivity index (χ0) is 12.8. The predicted octanol–water partition coefficient (Wildman–Crippen LogP) is 3.49. The third kappa shape index (κ3) is 4.68. The molecule has 0 unspecified atom stereocenters. The van der Waals surface area contributed by atoms with Gasteiger partial charge in [0.1, 0.15) is 0 Å². The molecule has 0 aliphatic carbocycles. The van der Waals surface area contributed by atoms with Gasteiger partial charge in [-0.3, -0.25) is 0 Å². The van der Waals surface area contributed by atoms with Crippen LogP contribution in [0.2, 0.25) is 0 Å². The van der Waals surface area contributed by atoms with Gasteiger partial charge in [0.2, 0.25) is 0 Å². The summed E-state index contributed by atoms with van der Waals surface area (Å²) in [5.74, 6) is 0.982. The number of thioether (sulfide) groups is 1. The third-order valence-electron chi connectivity index (χ3n) is 2.20. The molecule has 0 aliphatic heterocycles. The topological polar surface area (TPSA) is 37.8 Å². The van der Waals surface area contributed by atoms with Gasteiger partial charge in [-0.15, -0.1) is 11.3 Å². The molecule has 0 saturated heterocycles. The molecule has 2 aromatic heterocycles. The molecule has 0 saturated carbocycles. The lowest BCUT2D eigenvalue weighted by Crippen LogP contribution is -2.15. The van der Waals surface area contributed by atoms with Gasteiger partial charge in [-0.2, -0.15) is 0 Å². The molecule has 96 valence electrons. The van der Waals surface area contributed by atoms with Crippen LogP contribution in [0.25, 0.3) is 0 Å². The van der Waals surface area contributed by atoms with Gasteiger partial charge in [0.25, 0.3) is 0 Å². The molecule has 0 aromatic carbocycles. The Kier molecular flexibility index (Phi) is 5.62. The summed E-state index contributed by atoms with van der Waals surface area (Å²) in [7, 11) is 0. The maximum atomic E-state index is 4.35. The highest BCUT2D eigenvalue weighted by Crippen LogP contribution is 2.19. The van der Waals surface area contributed by atoms with Crippen LogP contribution in [0.3, 0.4) is 0 Å². The van der Waals surface area contributed by atoms with Crippen molar-refractivity contribution in [2.75, 3.05) is 12.3 Å². The minimum Gasteiger partial charge on any atom is -0.311 e. The number of hydrogen-bond donors (Lipinski definition) is 1. The molecule has 2 rings (SSSR count). The number of hydrogen-bond acceptors (Lipinski definition) is 5. The molecule has 2 aromatic rings. The third-order valence-corrected chi connectivity index (χ3v) is 4.76. The van der Waals surface area contributed by atoms with E-state index in [1.54, 1.807) is 29.3 Å². The molecular weight excluding hydrogens is 330 g/mol. The number of nitrogens with one attached hydrogen (secondary N) is 1. The fourth-order valence-corrected chi connectivity index (χ4v) is 3.56. The molecule has 0 aliphatic rings. The van der Waals surface area contributed by atoms with Gasteiger partial charge < -0.3 is 5.32 Å². The number of aryl methyl sites for hydroxylation is 1. The van der Waals surface area contributed by atoms with E-state index >= 15 is 0 Å². The second kappa shape index (κ2) is 7.23. The highest BCUT2D eigenvalue weighted by atomic mass is 79.9. The fraction of sp³-hybridized carbons (Fsp3) is 0.333. The standard InChI is InChI=1S/C12H14BrN3S2/c1-9-2-3-15-12(16-9)17-5-4-14-7-11-6-10(13)8-18-11/h2-3,6,8,14H,4-5,7H2,1H3. The molecule has 0 spiro atoms. The number of thiophene rings is 1. The first kappa shape index (κ1) is 14.0. The summed E-state index contributed by atoms with van der Waals surface area (Å²) in [5, 5.41) is 6.37. The van der Waals surface area contributed by atoms with E-state index in [4.69, 9.17) is 0 Å². The summed E-state index contributed by atoms with van der Waals surface area (Å²) in [6, 6.07) is 4.06. The van der Waals surface area contributed by atoms with Crippen molar-refractivity contribution in [2.24, 2.45) is 0 Å². The molecule has 0 atom stereocenters. The van der Waals surface area contributed by atoms with Gasteiger partial charge in [0, 0.05) is 45.5 Å². The molecule has 6 heteroatoms. The Morgan fingerprint density at radius 1 is 1.50 bits per heavy atom. The van der Waals surface area contributed by atoms with Crippen LogP contribution in [0.15, 0.2) is 33.3 Å². The number of nitrogens with zero attached hydrogens (tertiary/aromatic N) is 2. The minimum absolute atomic E-state index is 0.857. The van der Waals surface area contributed by atoms with E-state index in [2.05, 4.69) is 42.7 Å². The van der Waals surface area contributed by atoms with E-state index in [1.165, 1.54) is 4.88 Å². The van der Waals surface area contributed by atoms with Crippen LogP contribution in [0.4, 0.5) is 0 Å². The maximum absolute atomic E-state index is 4.35. The number of halogens is 1. The van der Waals surface area contributed by atoms with Crippen molar-refractivity contribution in [1.82, 2.24) is 15.3 Å². The molecule has 0 radical (unpaired) electrons. The number of rotatable bonds is 6. The van der Waals surface area contributed by atoms with Crippen molar-refractivity contribution in [3.05, 3.63) is 38.8 Å². The molecule has 0 fully saturated rings. The molecular formula is C12H14BrN3S2. The van der Waals surface area contributed by atoms with E-state index in [9.17, 15) is 0 Å². The monoisotopic (exact) mass is 343 g/mol. The van der Waals surface area contributed by atoms with Crippen LogP contribution in [-0.2, 0) is 6.54 Å². The first-order chi connectivity index (χ1) is 8.74. The van der Waals surface area contributed by atoms with Crippen LogP contribution in [0, 0.1) is 6.92 Å². The average Bonchev–Trinajstić information content (AvgIpc) is 2.75. The highest BCUT2D eigenvalue weighted by Gasteiger charge is 1.99. The van der Waals surface area contributed by atoms with Gasteiger partial charge in [0.15, 0.2) is 5.16 Å². The van der Waals surface area contributed by atoms with Crippen molar-refractivity contribution in [2.45, 2.75) is 18.6 Å². The van der Waals surface area contributed by atoms with E-state index in [1.807, 2.05) is 13.0 Å². The van der Waals surface area contributed by atoms with Crippen molar-refractivity contribution in [3.63, 3.8) is 0 Å². The lowest BCUT2D eigenvalue weighted by Gasteiger charge is -2.02. The van der Waals surface area contributed by atoms with Gasteiger partial charge in [0.05, 0.1) is 0 Å². The Labute approximate surface area is 124 Å². The molecule has 18 heavy (non-hydrogen) atoms. The lowest BCUT2D eigenvalue weighted by atomic mass is 10.4. The Morgan fingerprint density at radius 2 is 2.39 bits per heavy atom. The lowest BCUT2D eigenvalue weighted by molar-refractivity contribution is 0.739. The second-order valence-corrected chi connectivity index (χ2v) is 6.71. The van der Waals surface area contributed by atoms with Crippen molar-refractivity contribution in [3.8, 4) is 0 Å². The molecule has 0 amide bonds. The van der Waals surface area contributed by atoms with Crippen LogP contribution >= 0.6 is 39.0 Å². The first-order valence-corrected chi connectivity index (χ1v) is 8.26. The summed E-state index contributed by atoms with van der Waals surface area (Å²) in [4.78, 5) is 9.92. The SMILES string of the molecule is Cc1ccnc(SCCNCc2cc(Br)cs2)n1. The van der Waals surface area contributed by atoms with Crippen LogP contribution < -0.4 is 5.32 Å². The summed E-state index contributed by atoms with van der Waals surface area (Å²) in [6.07, 6.45) is 1.81. The molecule has 0 bridgehead atoms. The van der Waals surface area contributed by atoms with E-state index in [0.29, 0.717) is 0 Å². The fourth-order valence-electron chi connectivity index (χ4n) is 1.37. The van der Waals surface area contributed by atoms with Crippen molar-refractivity contribution in [1.29, 1.82) is 0 Å².